The van der Waals surface area contributed by atoms with Gasteiger partial charge in [-0.15, -0.1) is 0 Å². The van der Waals surface area contributed by atoms with Crippen LogP contribution in [0.3, 0.4) is 0 Å². The van der Waals surface area contributed by atoms with Gasteiger partial charge in [-0.25, -0.2) is 9.37 Å². The van der Waals surface area contributed by atoms with Gasteiger partial charge >= 0.3 is 0 Å². The van der Waals surface area contributed by atoms with Gasteiger partial charge in [0, 0.05) is 6.20 Å². The lowest BCUT2D eigenvalue weighted by molar-refractivity contribution is -0.113. The van der Waals surface area contributed by atoms with Crippen LogP contribution in [-0.2, 0) is 4.79 Å². The van der Waals surface area contributed by atoms with Crippen molar-refractivity contribution in [3.63, 3.8) is 0 Å². The van der Waals surface area contributed by atoms with Crippen molar-refractivity contribution in [1.29, 1.82) is 0 Å². The van der Waals surface area contributed by atoms with E-state index in [1.807, 2.05) is 0 Å². The highest BCUT2D eigenvalue weighted by Crippen LogP contribution is 2.25. The first-order chi connectivity index (χ1) is 9.58. The maximum absolute atomic E-state index is 13.5. The molecule has 0 aliphatic rings. The molecule has 2 aromatic rings. The van der Waals surface area contributed by atoms with Crippen molar-refractivity contribution in [2.45, 2.75) is 13.0 Å². The van der Waals surface area contributed by atoms with Crippen molar-refractivity contribution >= 4 is 17.9 Å². The molecule has 0 saturated carbocycles. The number of aldehydes is 1. The highest BCUT2D eigenvalue weighted by Gasteiger charge is 2.08. The molecule has 1 aromatic heterocycles. The molecule has 0 spiro atoms. The van der Waals surface area contributed by atoms with E-state index in [0.29, 0.717) is 17.8 Å². The van der Waals surface area contributed by atoms with Crippen molar-refractivity contribution in [3.8, 4) is 17.4 Å². The molecule has 1 aromatic carbocycles. The molecule has 0 amide bonds. The summed E-state index contributed by atoms with van der Waals surface area (Å²) in [5.74, 6) is 0.100. The van der Waals surface area contributed by atoms with Gasteiger partial charge < -0.3 is 9.47 Å². The third kappa shape index (κ3) is 3.68. The molecule has 1 atom stereocenters. The summed E-state index contributed by atoms with van der Waals surface area (Å²) in [6, 6.07) is 7.52. The lowest BCUT2D eigenvalue weighted by Crippen LogP contribution is -2.12. The Balaban J connectivity index is 2.08. The van der Waals surface area contributed by atoms with Gasteiger partial charge in [-0.3, -0.25) is 4.79 Å². The molecule has 20 heavy (non-hydrogen) atoms. The highest BCUT2D eigenvalue weighted by molar-refractivity contribution is 6.30. The van der Waals surface area contributed by atoms with E-state index in [0.717, 1.165) is 6.07 Å². The van der Waals surface area contributed by atoms with Gasteiger partial charge in [-0.05, 0) is 37.3 Å². The molecular formula is C14H11ClFNO3. The summed E-state index contributed by atoms with van der Waals surface area (Å²) in [5, 5.41) is 0.196. The average molecular weight is 296 g/mol. The zero-order chi connectivity index (χ0) is 14.5. The topological polar surface area (TPSA) is 48.4 Å². The predicted octanol–water partition coefficient (Wildman–Crippen LogP) is 3.63. The molecule has 2 rings (SSSR count). The number of carbonyl (C=O) groups excluding carboxylic acids is 1. The van der Waals surface area contributed by atoms with E-state index in [-0.39, 0.29) is 10.9 Å². The maximum atomic E-state index is 13.5. The fourth-order valence-electron chi connectivity index (χ4n) is 1.42. The Hall–Kier alpha value is -2.14. The van der Waals surface area contributed by atoms with Crippen LogP contribution in [-0.4, -0.2) is 17.4 Å². The Morgan fingerprint density at radius 2 is 1.95 bits per heavy atom. The molecule has 0 N–H and O–H groups in total. The molecule has 1 heterocycles. The molecule has 0 aliphatic carbocycles. The van der Waals surface area contributed by atoms with E-state index in [4.69, 9.17) is 21.1 Å². The van der Waals surface area contributed by atoms with E-state index in [1.165, 1.54) is 6.20 Å². The minimum atomic E-state index is -0.646. The van der Waals surface area contributed by atoms with Crippen LogP contribution < -0.4 is 9.47 Å². The second-order valence-electron chi connectivity index (χ2n) is 3.97. The Bertz CT molecular complexity index is 604. The van der Waals surface area contributed by atoms with Crippen molar-refractivity contribution < 1.29 is 18.7 Å². The normalized spacial score (nSPS) is 11.8. The number of rotatable bonds is 5. The summed E-state index contributed by atoms with van der Waals surface area (Å²) in [4.78, 5) is 14.2. The lowest BCUT2D eigenvalue weighted by Gasteiger charge is -2.10. The summed E-state index contributed by atoms with van der Waals surface area (Å²) in [6.45, 7) is 1.63. The first-order valence-electron chi connectivity index (χ1n) is 5.79. The molecule has 0 saturated heterocycles. The number of benzene rings is 1. The molecule has 104 valence electrons. The predicted molar refractivity (Wildman–Crippen MR) is 71.9 cm³/mol. The van der Waals surface area contributed by atoms with Crippen LogP contribution >= 0.6 is 11.6 Å². The summed E-state index contributed by atoms with van der Waals surface area (Å²) in [5.41, 5.74) is 0. The molecule has 6 heteroatoms. The fourth-order valence-corrected chi connectivity index (χ4v) is 1.56. The molecule has 0 unspecified atom stereocenters. The third-order valence-corrected chi connectivity index (χ3v) is 2.53. The van der Waals surface area contributed by atoms with Crippen molar-refractivity contribution in [3.05, 3.63) is 47.4 Å². The van der Waals surface area contributed by atoms with Gasteiger partial charge in [-0.1, -0.05) is 11.6 Å². The largest absolute Gasteiger partial charge is 0.483 e. The summed E-state index contributed by atoms with van der Waals surface area (Å²) >= 11 is 5.60. The van der Waals surface area contributed by atoms with Gasteiger partial charge in [0.1, 0.15) is 11.5 Å². The Kier molecular flexibility index (Phi) is 4.53. The average Bonchev–Trinajstić information content (AvgIpc) is 2.44. The van der Waals surface area contributed by atoms with Gasteiger partial charge in [0.15, 0.2) is 18.2 Å². The number of halogens is 2. The van der Waals surface area contributed by atoms with Crippen LogP contribution in [0.15, 0.2) is 36.5 Å². The quantitative estimate of drug-likeness (QED) is 0.790. The Labute approximate surface area is 120 Å². The number of nitrogens with zero attached hydrogens (tertiary/aromatic N) is 1. The zero-order valence-corrected chi connectivity index (χ0v) is 11.3. The summed E-state index contributed by atoms with van der Waals surface area (Å²) in [7, 11) is 0. The number of hydrogen-bond acceptors (Lipinski definition) is 4. The minimum absolute atomic E-state index is 0.163. The molecule has 0 fully saturated rings. The van der Waals surface area contributed by atoms with E-state index in [2.05, 4.69) is 4.98 Å². The van der Waals surface area contributed by atoms with Crippen LogP contribution in [0, 0.1) is 5.82 Å². The number of carbonyl (C=O) groups is 1. The molecule has 0 radical (unpaired) electrons. The summed E-state index contributed by atoms with van der Waals surface area (Å²) < 4.78 is 24.1. The van der Waals surface area contributed by atoms with Crippen LogP contribution in [0.2, 0.25) is 5.02 Å². The number of hydrogen-bond donors (Lipinski definition) is 0. The van der Waals surface area contributed by atoms with Crippen LogP contribution in [0.1, 0.15) is 6.92 Å². The second-order valence-corrected chi connectivity index (χ2v) is 4.41. The van der Waals surface area contributed by atoms with E-state index < -0.39 is 11.9 Å². The second kappa shape index (κ2) is 6.34. The summed E-state index contributed by atoms with van der Waals surface area (Å²) in [6.07, 6.45) is 1.46. The Morgan fingerprint density at radius 1 is 1.30 bits per heavy atom. The zero-order valence-electron chi connectivity index (χ0n) is 10.5. The molecule has 4 nitrogen and oxygen atoms in total. The highest BCUT2D eigenvalue weighted by atomic mass is 35.5. The SMILES string of the molecule is C[C@H](C=O)Oc1ccc(Oc2ncc(Cl)cc2F)cc1. The van der Waals surface area contributed by atoms with E-state index >= 15 is 0 Å². The molecule has 0 aliphatic heterocycles. The lowest BCUT2D eigenvalue weighted by atomic mass is 10.3. The molecular weight excluding hydrogens is 285 g/mol. The number of ether oxygens (including phenoxy) is 2. The van der Waals surface area contributed by atoms with Crippen LogP contribution in [0.5, 0.6) is 17.4 Å². The minimum Gasteiger partial charge on any atom is -0.483 e. The number of aromatic nitrogens is 1. The van der Waals surface area contributed by atoms with E-state index in [9.17, 15) is 9.18 Å². The first-order valence-corrected chi connectivity index (χ1v) is 6.17. The Morgan fingerprint density at radius 3 is 2.55 bits per heavy atom. The van der Waals surface area contributed by atoms with Crippen molar-refractivity contribution in [1.82, 2.24) is 4.98 Å². The smallest absolute Gasteiger partial charge is 0.255 e. The first kappa shape index (κ1) is 14.3. The van der Waals surface area contributed by atoms with Crippen molar-refractivity contribution in [2.24, 2.45) is 0 Å². The van der Waals surface area contributed by atoms with Gasteiger partial charge in [0.05, 0.1) is 5.02 Å². The van der Waals surface area contributed by atoms with Gasteiger partial charge in [0.2, 0.25) is 0 Å². The van der Waals surface area contributed by atoms with Crippen LogP contribution in [0.4, 0.5) is 4.39 Å². The van der Waals surface area contributed by atoms with Crippen molar-refractivity contribution in [2.75, 3.05) is 0 Å². The van der Waals surface area contributed by atoms with Gasteiger partial charge in [-0.2, -0.15) is 0 Å². The van der Waals surface area contributed by atoms with Crippen LogP contribution in [0.25, 0.3) is 0 Å². The number of pyridine rings is 1. The monoisotopic (exact) mass is 295 g/mol. The maximum Gasteiger partial charge on any atom is 0.255 e. The fraction of sp³-hybridized carbons (Fsp3) is 0.143. The third-order valence-electron chi connectivity index (χ3n) is 2.33. The standard InChI is InChI=1S/C14H11ClFNO3/c1-9(8-18)19-11-2-4-12(5-3-11)20-14-13(16)6-10(15)7-17-14/h2-9H,1H3/t9-/m1/s1. The van der Waals surface area contributed by atoms with E-state index in [1.54, 1.807) is 31.2 Å². The van der Waals surface area contributed by atoms with Gasteiger partial charge in [0.25, 0.3) is 5.88 Å². The molecule has 0 bridgehead atoms.